The maximum Gasteiger partial charge on any atom is 0.132 e. The van der Waals surface area contributed by atoms with E-state index >= 15 is 0 Å². The summed E-state index contributed by atoms with van der Waals surface area (Å²) in [6.07, 6.45) is 4.29. The number of hydrogen-bond donors (Lipinski definition) is 1. The number of aromatic nitrogens is 1. The van der Waals surface area contributed by atoms with E-state index in [1.807, 2.05) is 25.3 Å². The molecule has 0 atom stereocenters. The largest absolute Gasteiger partial charge is 0.371 e. The molecule has 1 aromatic heterocycles. The van der Waals surface area contributed by atoms with Crippen LogP contribution < -0.4 is 10.2 Å². The third-order valence-electron chi connectivity index (χ3n) is 5.37. The van der Waals surface area contributed by atoms with Gasteiger partial charge in [0.2, 0.25) is 0 Å². The predicted octanol–water partition coefficient (Wildman–Crippen LogP) is 4.27. The van der Waals surface area contributed by atoms with Crippen LogP contribution in [0.15, 0.2) is 48.7 Å². The van der Waals surface area contributed by atoms with Crippen molar-refractivity contribution >= 4 is 16.6 Å². The van der Waals surface area contributed by atoms with Crippen LogP contribution in [0.25, 0.3) is 16.6 Å². The first kappa shape index (κ1) is 16.2. The Hall–Kier alpha value is -2.33. The molecule has 25 heavy (non-hydrogen) atoms. The molecule has 1 N–H and O–H groups in total. The van der Waals surface area contributed by atoms with Crippen LogP contribution in [-0.4, -0.2) is 30.7 Å². The fourth-order valence-electron chi connectivity index (χ4n) is 3.88. The third-order valence-corrected chi connectivity index (χ3v) is 5.37. The monoisotopic (exact) mass is 337 g/mol. The first-order chi connectivity index (χ1) is 12.1. The molecule has 4 rings (SSSR count). The van der Waals surface area contributed by atoms with Gasteiger partial charge in [-0.1, -0.05) is 12.1 Å². The second kappa shape index (κ2) is 6.52. The number of fused-ring (bicyclic) bond motifs is 1. The number of halogens is 1. The molecule has 1 aliphatic heterocycles. The number of piperidine rings is 1. The zero-order valence-corrected chi connectivity index (χ0v) is 14.8. The Morgan fingerprint density at radius 1 is 1.12 bits per heavy atom. The van der Waals surface area contributed by atoms with E-state index in [0.29, 0.717) is 11.4 Å². The number of anilines is 1. The van der Waals surface area contributed by atoms with Crippen LogP contribution in [-0.2, 0) is 0 Å². The summed E-state index contributed by atoms with van der Waals surface area (Å²) in [4.78, 5) is 2.38. The van der Waals surface area contributed by atoms with E-state index in [2.05, 4.69) is 46.1 Å². The van der Waals surface area contributed by atoms with Crippen LogP contribution in [0.5, 0.6) is 0 Å². The van der Waals surface area contributed by atoms with Gasteiger partial charge >= 0.3 is 0 Å². The fraction of sp³-hybridized carbons (Fsp3) is 0.333. The summed E-state index contributed by atoms with van der Waals surface area (Å²) < 4.78 is 16.2. The van der Waals surface area contributed by atoms with Gasteiger partial charge in [-0.2, -0.15) is 0 Å². The molecule has 3 nitrogen and oxygen atoms in total. The third kappa shape index (κ3) is 2.91. The topological polar surface area (TPSA) is 20.2 Å². The molecule has 0 bridgehead atoms. The van der Waals surface area contributed by atoms with E-state index in [9.17, 15) is 4.39 Å². The molecular weight excluding hydrogens is 313 g/mol. The van der Waals surface area contributed by atoms with Crippen molar-refractivity contribution in [2.45, 2.75) is 25.8 Å². The summed E-state index contributed by atoms with van der Waals surface area (Å²) in [5, 5.41) is 4.10. The summed E-state index contributed by atoms with van der Waals surface area (Å²) in [6.45, 7) is 4.19. The number of aryl methyl sites for hydroxylation is 1. The molecular formula is C21H24FN3. The lowest BCUT2D eigenvalue weighted by atomic mass is 10.0. The Bertz CT molecular complexity index is 893. The van der Waals surface area contributed by atoms with Gasteiger partial charge in [0.05, 0.1) is 5.52 Å². The Morgan fingerprint density at radius 3 is 2.72 bits per heavy atom. The van der Waals surface area contributed by atoms with Crippen LogP contribution in [0.4, 0.5) is 10.1 Å². The lowest BCUT2D eigenvalue weighted by molar-refractivity contribution is 0.443. The Kier molecular flexibility index (Phi) is 4.22. The summed E-state index contributed by atoms with van der Waals surface area (Å²) in [7, 11) is 2.17. The summed E-state index contributed by atoms with van der Waals surface area (Å²) in [5.41, 5.74) is 4.31. The maximum atomic E-state index is 14.1. The highest BCUT2D eigenvalue weighted by Gasteiger charge is 2.18. The number of hydrogen-bond acceptors (Lipinski definition) is 2. The highest BCUT2D eigenvalue weighted by molar-refractivity contribution is 5.85. The van der Waals surface area contributed by atoms with Crippen molar-refractivity contribution in [1.29, 1.82) is 0 Å². The zero-order valence-electron chi connectivity index (χ0n) is 14.8. The minimum Gasteiger partial charge on any atom is -0.371 e. The zero-order chi connectivity index (χ0) is 17.4. The standard InChI is InChI=1S/C21H24FN3/c1-15-6-7-20(22)19-10-13-25(21(15)19)18-5-3-4-17(14-18)24(2)16-8-11-23-12-9-16/h3-7,10,13-14,16,23H,8-9,11-12H2,1-2H3. The van der Waals surface area contributed by atoms with Crippen LogP contribution in [0, 0.1) is 12.7 Å². The number of nitrogens with zero attached hydrogens (tertiary/aromatic N) is 2. The lowest BCUT2D eigenvalue weighted by Gasteiger charge is -2.33. The van der Waals surface area contributed by atoms with Gasteiger partial charge in [0.25, 0.3) is 0 Å². The van der Waals surface area contributed by atoms with Crippen molar-refractivity contribution < 1.29 is 4.39 Å². The molecule has 1 fully saturated rings. The van der Waals surface area contributed by atoms with Gasteiger partial charge in [0, 0.05) is 36.0 Å². The van der Waals surface area contributed by atoms with Crippen molar-refractivity contribution in [3.63, 3.8) is 0 Å². The second-order valence-corrected chi connectivity index (χ2v) is 6.92. The van der Waals surface area contributed by atoms with Gasteiger partial charge in [0.1, 0.15) is 5.82 Å². The van der Waals surface area contributed by atoms with Gasteiger partial charge in [-0.15, -0.1) is 0 Å². The van der Waals surface area contributed by atoms with Crippen LogP contribution in [0.3, 0.4) is 0 Å². The van der Waals surface area contributed by atoms with Crippen molar-refractivity contribution in [2.75, 3.05) is 25.0 Å². The summed E-state index contributed by atoms with van der Waals surface area (Å²) in [6, 6.07) is 14.4. The van der Waals surface area contributed by atoms with Crippen molar-refractivity contribution in [2.24, 2.45) is 0 Å². The number of benzene rings is 2. The molecule has 0 amide bonds. The Labute approximate surface area is 148 Å². The van der Waals surface area contributed by atoms with Crippen LogP contribution >= 0.6 is 0 Å². The minimum absolute atomic E-state index is 0.165. The second-order valence-electron chi connectivity index (χ2n) is 6.92. The highest BCUT2D eigenvalue weighted by atomic mass is 19.1. The van der Waals surface area contributed by atoms with Gasteiger partial charge in [-0.3, -0.25) is 0 Å². The van der Waals surface area contributed by atoms with E-state index in [-0.39, 0.29) is 5.82 Å². The molecule has 0 aliphatic carbocycles. The SMILES string of the molecule is Cc1ccc(F)c2ccn(-c3cccc(N(C)C4CCNCC4)c3)c12. The van der Waals surface area contributed by atoms with Crippen molar-refractivity contribution in [1.82, 2.24) is 9.88 Å². The van der Waals surface area contributed by atoms with Crippen molar-refractivity contribution in [3.8, 4) is 5.69 Å². The molecule has 4 heteroatoms. The molecule has 0 saturated carbocycles. The summed E-state index contributed by atoms with van der Waals surface area (Å²) in [5.74, 6) is -0.165. The molecule has 0 radical (unpaired) electrons. The first-order valence-electron chi connectivity index (χ1n) is 8.95. The van der Waals surface area contributed by atoms with E-state index in [4.69, 9.17) is 0 Å². The lowest BCUT2D eigenvalue weighted by Crippen LogP contribution is -2.41. The summed E-state index contributed by atoms with van der Waals surface area (Å²) >= 11 is 0. The molecule has 130 valence electrons. The van der Waals surface area contributed by atoms with E-state index in [1.165, 1.54) is 5.69 Å². The number of rotatable bonds is 3. The molecule has 1 aliphatic rings. The van der Waals surface area contributed by atoms with E-state index in [1.54, 1.807) is 6.07 Å². The van der Waals surface area contributed by atoms with E-state index in [0.717, 1.165) is 42.7 Å². The molecule has 2 aromatic carbocycles. The molecule has 0 unspecified atom stereocenters. The maximum absolute atomic E-state index is 14.1. The predicted molar refractivity (Wildman–Crippen MR) is 102 cm³/mol. The smallest absolute Gasteiger partial charge is 0.132 e. The molecule has 3 aromatic rings. The minimum atomic E-state index is -0.165. The highest BCUT2D eigenvalue weighted by Crippen LogP contribution is 2.28. The fourth-order valence-corrected chi connectivity index (χ4v) is 3.88. The van der Waals surface area contributed by atoms with Gasteiger partial charge in [-0.05, 0) is 68.8 Å². The van der Waals surface area contributed by atoms with Gasteiger partial charge < -0.3 is 14.8 Å². The molecule has 2 heterocycles. The number of nitrogens with one attached hydrogen (secondary N) is 1. The van der Waals surface area contributed by atoms with Crippen LogP contribution in [0.2, 0.25) is 0 Å². The van der Waals surface area contributed by atoms with Gasteiger partial charge in [0.15, 0.2) is 0 Å². The average Bonchev–Trinajstić information content (AvgIpc) is 3.11. The Balaban J connectivity index is 1.74. The van der Waals surface area contributed by atoms with E-state index < -0.39 is 0 Å². The Morgan fingerprint density at radius 2 is 1.92 bits per heavy atom. The van der Waals surface area contributed by atoms with Crippen molar-refractivity contribution in [3.05, 3.63) is 60.0 Å². The molecule has 1 saturated heterocycles. The normalized spacial score (nSPS) is 15.6. The average molecular weight is 337 g/mol. The van der Waals surface area contributed by atoms with Gasteiger partial charge in [-0.25, -0.2) is 4.39 Å². The van der Waals surface area contributed by atoms with Crippen LogP contribution in [0.1, 0.15) is 18.4 Å². The molecule has 0 spiro atoms. The quantitative estimate of drug-likeness (QED) is 0.770. The first-order valence-corrected chi connectivity index (χ1v) is 8.95.